The van der Waals surface area contributed by atoms with Crippen molar-refractivity contribution in [1.29, 1.82) is 0 Å². The first-order valence-corrected chi connectivity index (χ1v) is 12.1. The summed E-state index contributed by atoms with van der Waals surface area (Å²) in [6.07, 6.45) is 3.10. The minimum Gasteiger partial charge on any atom is -0.310 e. The van der Waals surface area contributed by atoms with Crippen LogP contribution in [0.5, 0.6) is 0 Å². The Hall–Kier alpha value is -1.60. The highest BCUT2D eigenvalue weighted by atomic mass is 79.9. The predicted molar refractivity (Wildman–Crippen MR) is 122 cm³/mol. The van der Waals surface area contributed by atoms with E-state index in [9.17, 15) is 8.42 Å². The SMILES string of the molecule is CC[C@@H](NCCc1cc(Br)cn1S(=O)(=O)c1ccc(C)cc1)c1cccc(Cl)c1. The summed E-state index contributed by atoms with van der Waals surface area (Å²) in [5, 5.41) is 4.23. The lowest BCUT2D eigenvalue weighted by Gasteiger charge is -2.18. The highest BCUT2D eigenvalue weighted by molar-refractivity contribution is 9.10. The number of hydrogen-bond acceptors (Lipinski definition) is 3. The van der Waals surface area contributed by atoms with Crippen molar-refractivity contribution in [3.63, 3.8) is 0 Å². The molecule has 1 atom stereocenters. The van der Waals surface area contributed by atoms with Gasteiger partial charge in [0.25, 0.3) is 10.0 Å². The normalized spacial score (nSPS) is 12.8. The topological polar surface area (TPSA) is 51.1 Å². The number of halogens is 2. The van der Waals surface area contributed by atoms with Gasteiger partial charge < -0.3 is 5.32 Å². The van der Waals surface area contributed by atoms with E-state index in [-0.39, 0.29) is 10.9 Å². The van der Waals surface area contributed by atoms with Crippen LogP contribution in [0.15, 0.2) is 70.2 Å². The second kappa shape index (κ2) is 9.47. The van der Waals surface area contributed by atoms with Gasteiger partial charge >= 0.3 is 0 Å². The van der Waals surface area contributed by atoms with Gasteiger partial charge in [0.1, 0.15) is 0 Å². The van der Waals surface area contributed by atoms with E-state index in [0.29, 0.717) is 18.0 Å². The van der Waals surface area contributed by atoms with Crippen molar-refractivity contribution in [1.82, 2.24) is 9.29 Å². The zero-order valence-corrected chi connectivity index (χ0v) is 19.6. The van der Waals surface area contributed by atoms with Gasteiger partial charge in [-0.2, -0.15) is 0 Å². The third-order valence-electron chi connectivity index (χ3n) is 4.84. The van der Waals surface area contributed by atoms with Gasteiger partial charge in [-0.1, -0.05) is 48.4 Å². The van der Waals surface area contributed by atoms with Crippen LogP contribution in [0, 0.1) is 6.92 Å². The van der Waals surface area contributed by atoms with Gasteiger partial charge in [-0.25, -0.2) is 12.4 Å². The molecule has 0 saturated carbocycles. The van der Waals surface area contributed by atoms with Crippen LogP contribution in [0.25, 0.3) is 0 Å². The Labute approximate surface area is 186 Å². The van der Waals surface area contributed by atoms with Crippen LogP contribution in [-0.4, -0.2) is 18.9 Å². The van der Waals surface area contributed by atoms with Gasteiger partial charge in [-0.3, -0.25) is 0 Å². The quantitative estimate of drug-likeness (QED) is 0.434. The van der Waals surface area contributed by atoms with E-state index in [1.807, 2.05) is 49.4 Å². The molecule has 0 aliphatic rings. The summed E-state index contributed by atoms with van der Waals surface area (Å²) in [4.78, 5) is 0.283. The van der Waals surface area contributed by atoms with Crippen molar-refractivity contribution in [3.05, 3.63) is 87.1 Å². The molecule has 7 heteroatoms. The Balaban J connectivity index is 1.76. The summed E-state index contributed by atoms with van der Waals surface area (Å²) < 4.78 is 28.3. The Morgan fingerprint density at radius 2 is 1.86 bits per heavy atom. The van der Waals surface area contributed by atoms with Crippen LogP contribution in [0.3, 0.4) is 0 Å². The standard InChI is InChI=1S/C22H24BrClN2O2S/c1-3-22(17-5-4-6-19(24)13-17)25-12-11-20-14-18(23)15-26(20)29(27,28)21-9-7-16(2)8-10-21/h4-10,13-15,22,25H,3,11-12H2,1-2H3/t22-/m1/s1. The molecule has 0 amide bonds. The van der Waals surface area contributed by atoms with Crippen LogP contribution in [0.4, 0.5) is 0 Å². The van der Waals surface area contributed by atoms with Crippen molar-refractivity contribution in [3.8, 4) is 0 Å². The van der Waals surface area contributed by atoms with Crippen molar-refractivity contribution in [2.24, 2.45) is 0 Å². The fourth-order valence-corrected chi connectivity index (χ4v) is 5.50. The molecule has 0 aliphatic carbocycles. The smallest absolute Gasteiger partial charge is 0.267 e. The molecule has 2 aromatic carbocycles. The lowest BCUT2D eigenvalue weighted by Crippen LogP contribution is -2.25. The zero-order chi connectivity index (χ0) is 21.0. The highest BCUT2D eigenvalue weighted by Crippen LogP contribution is 2.24. The number of rotatable bonds is 8. The number of nitrogens with zero attached hydrogens (tertiary/aromatic N) is 1. The Bertz CT molecular complexity index is 1080. The molecule has 154 valence electrons. The summed E-state index contributed by atoms with van der Waals surface area (Å²) in [5.74, 6) is 0. The van der Waals surface area contributed by atoms with Gasteiger partial charge in [-0.05, 0) is 65.2 Å². The number of aromatic nitrogens is 1. The van der Waals surface area contributed by atoms with E-state index >= 15 is 0 Å². The number of aryl methyl sites for hydroxylation is 1. The van der Waals surface area contributed by atoms with Gasteiger partial charge in [0.05, 0.1) is 4.90 Å². The lowest BCUT2D eigenvalue weighted by molar-refractivity contribution is 0.519. The monoisotopic (exact) mass is 494 g/mol. The molecular formula is C22H24BrClN2O2S. The first kappa shape index (κ1) is 22.1. The van der Waals surface area contributed by atoms with Crippen LogP contribution in [0.2, 0.25) is 5.02 Å². The summed E-state index contributed by atoms with van der Waals surface area (Å²) >= 11 is 9.53. The number of benzene rings is 2. The fourth-order valence-electron chi connectivity index (χ4n) is 3.28. The molecule has 1 N–H and O–H groups in total. The van der Waals surface area contributed by atoms with E-state index in [4.69, 9.17) is 11.6 Å². The molecule has 3 rings (SSSR count). The van der Waals surface area contributed by atoms with Crippen LogP contribution < -0.4 is 5.32 Å². The van der Waals surface area contributed by atoms with Gasteiger partial charge in [0, 0.05) is 40.4 Å². The average Bonchev–Trinajstić information content (AvgIpc) is 3.07. The number of hydrogen-bond donors (Lipinski definition) is 1. The third-order valence-corrected chi connectivity index (χ3v) is 7.23. The van der Waals surface area contributed by atoms with Crippen LogP contribution in [-0.2, 0) is 16.4 Å². The molecule has 1 aromatic heterocycles. The van der Waals surface area contributed by atoms with Crippen LogP contribution >= 0.6 is 27.5 Å². The zero-order valence-electron chi connectivity index (χ0n) is 16.4. The Morgan fingerprint density at radius 1 is 1.14 bits per heavy atom. The largest absolute Gasteiger partial charge is 0.310 e. The highest BCUT2D eigenvalue weighted by Gasteiger charge is 2.20. The molecule has 0 spiro atoms. The molecular weight excluding hydrogens is 472 g/mol. The molecule has 0 bridgehead atoms. The minimum atomic E-state index is -3.64. The molecule has 3 aromatic rings. The maximum atomic E-state index is 13.1. The van der Waals surface area contributed by atoms with Crippen molar-refractivity contribution in [2.75, 3.05) is 6.54 Å². The third kappa shape index (κ3) is 5.31. The second-order valence-electron chi connectivity index (χ2n) is 6.98. The first-order chi connectivity index (χ1) is 13.8. The molecule has 0 radical (unpaired) electrons. The first-order valence-electron chi connectivity index (χ1n) is 9.49. The second-order valence-corrected chi connectivity index (χ2v) is 10.2. The maximum Gasteiger partial charge on any atom is 0.267 e. The van der Waals surface area contributed by atoms with Crippen molar-refractivity contribution in [2.45, 2.75) is 37.6 Å². The fraction of sp³-hybridized carbons (Fsp3) is 0.273. The predicted octanol–water partition coefficient (Wildman–Crippen LogP) is 5.73. The van der Waals surface area contributed by atoms with E-state index in [1.54, 1.807) is 18.3 Å². The molecule has 0 fully saturated rings. The summed E-state index contributed by atoms with van der Waals surface area (Å²) in [6.45, 7) is 4.69. The molecule has 4 nitrogen and oxygen atoms in total. The number of nitrogens with one attached hydrogen (secondary N) is 1. The van der Waals surface area contributed by atoms with Crippen molar-refractivity contribution >= 4 is 37.6 Å². The van der Waals surface area contributed by atoms with Gasteiger partial charge in [-0.15, -0.1) is 0 Å². The Morgan fingerprint density at radius 3 is 2.52 bits per heavy atom. The van der Waals surface area contributed by atoms with E-state index in [1.165, 1.54) is 3.97 Å². The molecule has 0 saturated heterocycles. The average molecular weight is 496 g/mol. The molecule has 0 unspecified atom stereocenters. The maximum absolute atomic E-state index is 13.1. The minimum absolute atomic E-state index is 0.161. The summed E-state index contributed by atoms with van der Waals surface area (Å²) in [6, 6.07) is 16.7. The van der Waals surface area contributed by atoms with E-state index < -0.39 is 10.0 Å². The molecule has 29 heavy (non-hydrogen) atoms. The van der Waals surface area contributed by atoms with Crippen molar-refractivity contribution < 1.29 is 8.42 Å². The van der Waals surface area contributed by atoms with E-state index in [2.05, 4.69) is 28.2 Å². The summed E-state index contributed by atoms with van der Waals surface area (Å²) in [5.41, 5.74) is 2.88. The van der Waals surface area contributed by atoms with Gasteiger partial charge in [0.15, 0.2) is 0 Å². The Kier molecular flexibility index (Phi) is 7.22. The van der Waals surface area contributed by atoms with Crippen LogP contribution in [0.1, 0.15) is 36.2 Å². The molecule has 1 heterocycles. The van der Waals surface area contributed by atoms with Gasteiger partial charge in [0.2, 0.25) is 0 Å². The lowest BCUT2D eigenvalue weighted by atomic mass is 10.0. The van der Waals surface area contributed by atoms with E-state index in [0.717, 1.165) is 27.7 Å². The summed E-state index contributed by atoms with van der Waals surface area (Å²) in [7, 11) is -3.64. The molecule has 0 aliphatic heterocycles.